The lowest BCUT2D eigenvalue weighted by molar-refractivity contribution is 0.0749. The number of likely N-dealkylation sites (tertiary alicyclic amines) is 1. The highest BCUT2D eigenvalue weighted by Crippen LogP contribution is 2.20. The molecule has 5 heteroatoms. The molecule has 0 radical (unpaired) electrons. The molecule has 1 amide bonds. The Kier molecular flexibility index (Phi) is 3.47. The molecular formula is C12H19N3O2. The van der Waals surface area contributed by atoms with Crippen molar-refractivity contribution in [3.8, 4) is 0 Å². The van der Waals surface area contributed by atoms with Crippen molar-refractivity contribution in [2.75, 3.05) is 13.1 Å². The first kappa shape index (κ1) is 12.1. The normalized spacial score (nSPS) is 21.8. The van der Waals surface area contributed by atoms with Crippen molar-refractivity contribution in [2.24, 2.45) is 5.73 Å². The Bertz CT molecular complexity index is 402. The van der Waals surface area contributed by atoms with E-state index in [1.54, 1.807) is 11.0 Å². The number of hydrogen-bond acceptors (Lipinski definition) is 4. The Morgan fingerprint density at radius 1 is 1.76 bits per heavy atom. The van der Waals surface area contributed by atoms with Crippen LogP contribution in [0.2, 0.25) is 0 Å². The molecule has 0 aliphatic carbocycles. The smallest absolute Gasteiger partial charge is 0.292 e. The van der Waals surface area contributed by atoms with Gasteiger partial charge in [0, 0.05) is 31.1 Å². The summed E-state index contributed by atoms with van der Waals surface area (Å²) in [6.45, 7) is 5.47. The molecule has 1 unspecified atom stereocenters. The molecule has 1 fully saturated rings. The number of rotatable bonds is 3. The van der Waals surface area contributed by atoms with E-state index < -0.39 is 0 Å². The second kappa shape index (κ2) is 4.87. The van der Waals surface area contributed by atoms with Crippen LogP contribution in [0.15, 0.2) is 10.6 Å². The molecule has 0 aromatic carbocycles. The summed E-state index contributed by atoms with van der Waals surface area (Å²) in [6.07, 6.45) is 1.84. The molecule has 0 bridgehead atoms. The number of aromatic nitrogens is 1. The van der Waals surface area contributed by atoms with Gasteiger partial charge in [0.25, 0.3) is 5.91 Å². The molecule has 2 N–H and O–H groups in total. The average molecular weight is 237 g/mol. The zero-order valence-corrected chi connectivity index (χ0v) is 10.3. The predicted molar refractivity (Wildman–Crippen MR) is 63.7 cm³/mol. The second-order valence-corrected chi connectivity index (χ2v) is 4.73. The van der Waals surface area contributed by atoms with Crippen LogP contribution in [0.4, 0.5) is 0 Å². The highest BCUT2D eigenvalue weighted by molar-refractivity contribution is 5.91. The molecule has 17 heavy (non-hydrogen) atoms. The molecule has 1 saturated heterocycles. The zero-order chi connectivity index (χ0) is 12.4. The minimum absolute atomic E-state index is 0.0934. The lowest BCUT2D eigenvalue weighted by atomic mass is 10.1. The summed E-state index contributed by atoms with van der Waals surface area (Å²) in [5.41, 5.74) is 6.62. The Morgan fingerprint density at radius 3 is 3.12 bits per heavy atom. The third-order valence-corrected chi connectivity index (χ3v) is 3.37. The fraction of sp³-hybridized carbons (Fsp3) is 0.667. The maximum absolute atomic E-state index is 12.1. The molecule has 0 spiro atoms. The molecule has 0 saturated carbocycles. The van der Waals surface area contributed by atoms with E-state index in [9.17, 15) is 4.79 Å². The number of hydrogen-bond donors (Lipinski definition) is 1. The molecule has 2 rings (SSSR count). The SMILES string of the molecule is CCC(C)c1cc(C(=O)N2CC[C@@H](N)C2)on1. The zero-order valence-electron chi connectivity index (χ0n) is 10.3. The van der Waals surface area contributed by atoms with Crippen LogP contribution in [0, 0.1) is 0 Å². The van der Waals surface area contributed by atoms with Crippen LogP contribution < -0.4 is 5.73 Å². The summed E-state index contributed by atoms with van der Waals surface area (Å²) < 4.78 is 5.12. The van der Waals surface area contributed by atoms with Crippen molar-refractivity contribution in [1.29, 1.82) is 0 Å². The first-order chi connectivity index (χ1) is 8.11. The third kappa shape index (κ3) is 2.49. The van der Waals surface area contributed by atoms with Gasteiger partial charge < -0.3 is 15.2 Å². The summed E-state index contributed by atoms with van der Waals surface area (Å²) >= 11 is 0. The van der Waals surface area contributed by atoms with Gasteiger partial charge in [0.05, 0.1) is 5.69 Å². The summed E-state index contributed by atoms with van der Waals surface area (Å²) in [4.78, 5) is 13.8. The van der Waals surface area contributed by atoms with Crippen LogP contribution in [0.5, 0.6) is 0 Å². The van der Waals surface area contributed by atoms with Crippen LogP contribution in [-0.2, 0) is 0 Å². The largest absolute Gasteiger partial charge is 0.351 e. The van der Waals surface area contributed by atoms with Gasteiger partial charge in [-0.2, -0.15) is 0 Å². The first-order valence-electron chi connectivity index (χ1n) is 6.13. The van der Waals surface area contributed by atoms with Crippen LogP contribution >= 0.6 is 0 Å². The number of nitrogens with zero attached hydrogens (tertiary/aromatic N) is 2. The lowest BCUT2D eigenvalue weighted by Crippen LogP contribution is -2.31. The fourth-order valence-electron chi connectivity index (χ4n) is 1.96. The number of carbonyl (C=O) groups excluding carboxylic acids is 1. The van der Waals surface area contributed by atoms with Gasteiger partial charge in [0.1, 0.15) is 0 Å². The van der Waals surface area contributed by atoms with Crippen LogP contribution in [0.25, 0.3) is 0 Å². The summed E-state index contributed by atoms with van der Waals surface area (Å²) in [5.74, 6) is 0.551. The van der Waals surface area contributed by atoms with E-state index in [1.807, 2.05) is 0 Å². The van der Waals surface area contributed by atoms with Gasteiger partial charge in [-0.1, -0.05) is 19.0 Å². The maximum Gasteiger partial charge on any atom is 0.292 e. The molecule has 94 valence electrons. The van der Waals surface area contributed by atoms with Gasteiger partial charge in [-0.3, -0.25) is 4.79 Å². The van der Waals surface area contributed by atoms with E-state index in [0.29, 0.717) is 24.8 Å². The quantitative estimate of drug-likeness (QED) is 0.861. The van der Waals surface area contributed by atoms with Crippen LogP contribution in [0.3, 0.4) is 0 Å². The Hall–Kier alpha value is -1.36. The topological polar surface area (TPSA) is 72.4 Å². The molecule has 1 aromatic rings. The average Bonchev–Trinajstić information content (AvgIpc) is 2.95. The van der Waals surface area contributed by atoms with Crippen LogP contribution in [-0.4, -0.2) is 35.1 Å². The molecule has 1 aliphatic rings. The van der Waals surface area contributed by atoms with Crippen molar-refractivity contribution in [2.45, 2.75) is 38.6 Å². The van der Waals surface area contributed by atoms with Gasteiger partial charge in [-0.15, -0.1) is 0 Å². The van der Waals surface area contributed by atoms with E-state index in [-0.39, 0.29) is 11.9 Å². The summed E-state index contributed by atoms with van der Waals surface area (Å²) in [6, 6.07) is 1.84. The summed E-state index contributed by atoms with van der Waals surface area (Å²) in [5, 5.41) is 3.94. The predicted octanol–water partition coefficient (Wildman–Crippen LogP) is 1.36. The van der Waals surface area contributed by atoms with E-state index in [4.69, 9.17) is 10.3 Å². The number of nitrogens with two attached hydrogens (primary N) is 1. The van der Waals surface area contributed by atoms with Crippen LogP contribution in [0.1, 0.15) is 48.9 Å². The number of carbonyl (C=O) groups is 1. The Morgan fingerprint density at radius 2 is 2.53 bits per heavy atom. The van der Waals surface area contributed by atoms with Gasteiger partial charge in [-0.25, -0.2) is 0 Å². The molecule has 1 aromatic heterocycles. The van der Waals surface area contributed by atoms with Gasteiger partial charge >= 0.3 is 0 Å². The van der Waals surface area contributed by atoms with Gasteiger partial charge in [0.2, 0.25) is 5.76 Å². The van der Waals surface area contributed by atoms with E-state index >= 15 is 0 Å². The molecule has 2 heterocycles. The van der Waals surface area contributed by atoms with E-state index in [0.717, 1.165) is 18.5 Å². The van der Waals surface area contributed by atoms with Crippen molar-refractivity contribution in [3.05, 3.63) is 17.5 Å². The second-order valence-electron chi connectivity index (χ2n) is 4.73. The Balaban J connectivity index is 2.07. The minimum atomic E-state index is -0.0972. The van der Waals surface area contributed by atoms with E-state index in [2.05, 4.69) is 19.0 Å². The molecule has 1 aliphatic heterocycles. The molecule has 5 nitrogen and oxygen atoms in total. The van der Waals surface area contributed by atoms with Crippen molar-refractivity contribution in [3.63, 3.8) is 0 Å². The minimum Gasteiger partial charge on any atom is -0.351 e. The van der Waals surface area contributed by atoms with E-state index in [1.165, 1.54) is 0 Å². The standard InChI is InChI=1S/C12H19N3O2/c1-3-8(2)10-6-11(17-14-10)12(16)15-5-4-9(13)7-15/h6,8-9H,3-5,7,13H2,1-2H3/t8?,9-/m1/s1. The van der Waals surface area contributed by atoms with Crippen molar-refractivity contribution in [1.82, 2.24) is 10.1 Å². The molecular weight excluding hydrogens is 218 g/mol. The third-order valence-electron chi connectivity index (χ3n) is 3.37. The van der Waals surface area contributed by atoms with Crippen molar-refractivity contribution >= 4 is 5.91 Å². The highest BCUT2D eigenvalue weighted by atomic mass is 16.5. The number of amides is 1. The van der Waals surface area contributed by atoms with Crippen molar-refractivity contribution < 1.29 is 9.32 Å². The maximum atomic E-state index is 12.1. The molecule has 2 atom stereocenters. The van der Waals surface area contributed by atoms with Gasteiger partial charge in [-0.05, 0) is 12.8 Å². The monoisotopic (exact) mass is 237 g/mol. The Labute approximate surface area is 101 Å². The summed E-state index contributed by atoms with van der Waals surface area (Å²) in [7, 11) is 0. The highest BCUT2D eigenvalue weighted by Gasteiger charge is 2.27. The van der Waals surface area contributed by atoms with Gasteiger partial charge in [0.15, 0.2) is 0 Å². The fourth-order valence-corrected chi connectivity index (χ4v) is 1.96. The first-order valence-corrected chi connectivity index (χ1v) is 6.13. The lowest BCUT2D eigenvalue weighted by Gasteiger charge is -2.12.